The molecule has 1 aromatic rings. The van der Waals surface area contributed by atoms with Gasteiger partial charge in [-0.15, -0.1) is 0 Å². The average Bonchev–Trinajstić information content (AvgIpc) is 3.11. The first-order valence-electron chi connectivity index (χ1n) is 9.41. The van der Waals surface area contributed by atoms with Gasteiger partial charge < -0.3 is 19.5 Å². The van der Waals surface area contributed by atoms with Gasteiger partial charge in [-0.05, 0) is 58.8 Å². The fourth-order valence-corrected chi connectivity index (χ4v) is 4.24. The Bertz CT molecular complexity index is 597. The molecule has 1 aliphatic carbocycles. The summed E-state index contributed by atoms with van der Waals surface area (Å²) in [6, 6.07) is 2.47. The second-order valence-electron chi connectivity index (χ2n) is 8.59. The maximum absolute atomic E-state index is 12.3. The zero-order valence-electron chi connectivity index (χ0n) is 15.9. The molecule has 1 N–H and O–H groups in total. The Hall–Kier alpha value is -1.56. The highest BCUT2D eigenvalue weighted by Gasteiger charge is 2.45. The third-order valence-corrected chi connectivity index (χ3v) is 5.52. The lowest BCUT2D eigenvalue weighted by Gasteiger charge is -2.43. The molecule has 1 unspecified atom stereocenters. The molecule has 25 heavy (non-hydrogen) atoms. The molecule has 6 nitrogen and oxygen atoms in total. The lowest BCUT2D eigenvalue weighted by Crippen LogP contribution is -2.50. The van der Waals surface area contributed by atoms with Crippen LogP contribution >= 0.6 is 0 Å². The van der Waals surface area contributed by atoms with E-state index in [2.05, 4.69) is 10.5 Å². The van der Waals surface area contributed by atoms with Crippen molar-refractivity contribution in [2.45, 2.75) is 78.0 Å². The zero-order valence-corrected chi connectivity index (χ0v) is 15.9. The molecule has 6 heteroatoms. The van der Waals surface area contributed by atoms with E-state index in [1.54, 1.807) is 0 Å². The highest BCUT2D eigenvalue weighted by atomic mass is 16.6. The number of nitrogens with one attached hydrogen (secondary N) is 1. The van der Waals surface area contributed by atoms with Crippen molar-refractivity contribution < 1.29 is 14.1 Å². The van der Waals surface area contributed by atoms with Crippen LogP contribution in [-0.4, -0.2) is 40.9 Å². The van der Waals surface area contributed by atoms with Crippen LogP contribution in [0.2, 0.25) is 0 Å². The van der Waals surface area contributed by atoms with Crippen molar-refractivity contribution in [3.63, 3.8) is 0 Å². The number of hydrogen-bond donors (Lipinski definition) is 1. The molecule has 0 aromatic carbocycles. The standard InChI is InChI=1S/C19H31N3O3/c1-14-12-15(25-21-14)13-20-16-6-5-7-19(16)8-10-22(11-9-19)17(23)24-18(2,3)4/h12,16,20H,5-11,13H2,1-4H3. The van der Waals surface area contributed by atoms with Crippen molar-refractivity contribution in [1.29, 1.82) is 0 Å². The number of hydrogen-bond acceptors (Lipinski definition) is 5. The van der Waals surface area contributed by atoms with Crippen molar-refractivity contribution in [3.05, 3.63) is 17.5 Å². The van der Waals surface area contributed by atoms with Gasteiger partial charge in [0.05, 0.1) is 12.2 Å². The number of aryl methyl sites for hydroxylation is 1. The number of amides is 1. The third kappa shape index (κ3) is 4.35. The highest BCUT2D eigenvalue weighted by molar-refractivity contribution is 5.68. The summed E-state index contributed by atoms with van der Waals surface area (Å²) in [4.78, 5) is 14.1. The molecule has 140 valence electrons. The first kappa shape index (κ1) is 18.2. The van der Waals surface area contributed by atoms with Crippen LogP contribution in [0.4, 0.5) is 4.79 Å². The third-order valence-electron chi connectivity index (χ3n) is 5.52. The molecule has 1 aliphatic heterocycles. The molecule has 3 rings (SSSR count). The van der Waals surface area contributed by atoms with E-state index in [9.17, 15) is 4.79 Å². The van der Waals surface area contributed by atoms with Gasteiger partial charge in [0.2, 0.25) is 0 Å². The average molecular weight is 349 g/mol. The number of carbonyl (C=O) groups is 1. The van der Waals surface area contributed by atoms with Crippen LogP contribution < -0.4 is 5.32 Å². The van der Waals surface area contributed by atoms with E-state index in [1.807, 2.05) is 38.7 Å². The fraction of sp³-hybridized carbons (Fsp3) is 0.789. The number of nitrogens with zero attached hydrogens (tertiary/aromatic N) is 2. The molecule has 1 aromatic heterocycles. The van der Waals surface area contributed by atoms with E-state index < -0.39 is 5.60 Å². The van der Waals surface area contributed by atoms with E-state index in [0.717, 1.165) is 43.9 Å². The summed E-state index contributed by atoms with van der Waals surface area (Å²) in [5.41, 5.74) is 0.788. The molecule has 0 radical (unpaired) electrons. The first-order chi connectivity index (χ1) is 11.8. The predicted molar refractivity (Wildman–Crippen MR) is 95.2 cm³/mol. The highest BCUT2D eigenvalue weighted by Crippen LogP contribution is 2.46. The number of ether oxygens (including phenoxy) is 1. The second-order valence-corrected chi connectivity index (χ2v) is 8.59. The Labute approximate surface area is 150 Å². The number of rotatable bonds is 3. The maximum Gasteiger partial charge on any atom is 0.410 e. The van der Waals surface area contributed by atoms with Gasteiger partial charge >= 0.3 is 6.09 Å². The first-order valence-corrected chi connectivity index (χ1v) is 9.41. The number of piperidine rings is 1. The second kappa shape index (κ2) is 6.98. The summed E-state index contributed by atoms with van der Waals surface area (Å²) in [5.74, 6) is 0.894. The van der Waals surface area contributed by atoms with Gasteiger partial charge in [-0.2, -0.15) is 0 Å². The van der Waals surface area contributed by atoms with Crippen LogP contribution in [-0.2, 0) is 11.3 Å². The number of likely N-dealkylation sites (tertiary alicyclic amines) is 1. The Kier molecular flexibility index (Phi) is 5.09. The molecule has 1 saturated heterocycles. The molecule has 1 atom stereocenters. The number of aromatic nitrogens is 1. The summed E-state index contributed by atoms with van der Waals surface area (Å²) >= 11 is 0. The Morgan fingerprint density at radius 2 is 2.12 bits per heavy atom. The molecule has 1 amide bonds. The van der Waals surface area contributed by atoms with Gasteiger partial charge in [-0.1, -0.05) is 11.6 Å². The van der Waals surface area contributed by atoms with Crippen molar-refractivity contribution in [1.82, 2.24) is 15.4 Å². The minimum absolute atomic E-state index is 0.179. The molecule has 1 spiro atoms. The van der Waals surface area contributed by atoms with Crippen LogP contribution in [0.1, 0.15) is 64.3 Å². The Balaban J connectivity index is 1.54. The van der Waals surface area contributed by atoms with Crippen LogP contribution in [0.3, 0.4) is 0 Å². The van der Waals surface area contributed by atoms with Crippen LogP contribution in [0.25, 0.3) is 0 Å². The van der Waals surface area contributed by atoms with Gasteiger partial charge in [-0.25, -0.2) is 4.79 Å². The Morgan fingerprint density at radius 1 is 1.40 bits per heavy atom. The monoisotopic (exact) mass is 349 g/mol. The molecule has 0 bridgehead atoms. The van der Waals surface area contributed by atoms with E-state index in [1.165, 1.54) is 19.3 Å². The van der Waals surface area contributed by atoms with E-state index >= 15 is 0 Å². The molecule has 1 saturated carbocycles. The smallest absolute Gasteiger partial charge is 0.410 e. The summed E-state index contributed by atoms with van der Waals surface area (Å²) in [6.45, 7) is 9.98. The molecule has 2 aliphatic rings. The van der Waals surface area contributed by atoms with E-state index in [-0.39, 0.29) is 6.09 Å². The van der Waals surface area contributed by atoms with Crippen LogP contribution in [0.5, 0.6) is 0 Å². The molecular weight excluding hydrogens is 318 g/mol. The fourth-order valence-electron chi connectivity index (χ4n) is 4.24. The van der Waals surface area contributed by atoms with Crippen molar-refractivity contribution in [2.24, 2.45) is 5.41 Å². The molecule has 2 fully saturated rings. The summed E-state index contributed by atoms with van der Waals surface area (Å²) in [5, 5.41) is 7.64. The lowest BCUT2D eigenvalue weighted by atomic mass is 9.74. The molecular formula is C19H31N3O3. The maximum atomic E-state index is 12.3. The topological polar surface area (TPSA) is 67.6 Å². The van der Waals surface area contributed by atoms with Crippen molar-refractivity contribution >= 4 is 6.09 Å². The van der Waals surface area contributed by atoms with Crippen molar-refractivity contribution in [3.8, 4) is 0 Å². The lowest BCUT2D eigenvalue weighted by molar-refractivity contribution is 0.00710. The summed E-state index contributed by atoms with van der Waals surface area (Å²) in [6.07, 6.45) is 5.59. The van der Waals surface area contributed by atoms with Crippen molar-refractivity contribution in [2.75, 3.05) is 13.1 Å². The minimum Gasteiger partial charge on any atom is -0.444 e. The van der Waals surface area contributed by atoms with Gasteiger partial charge in [0.25, 0.3) is 0 Å². The predicted octanol–water partition coefficient (Wildman–Crippen LogP) is 3.64. The van der Waals surface area contributed by atoms with Gasteiger partial charge in [0, 0.05) is 25.2 Å². The van der Waals surface area contributed by atoms with Gasteiger partial charge in [-0.3, -0.25) is 0 Å². The Morgan fingerprint density at radius 3 is 2.72 bits per heavy atom. The zero-order chi connectivity index (χ0) is 18.1. The van der Waals surface area contributed by atoms with E-state index in [4.69, 9.17) is 9.26 Å². The largest absolute Gasteiger partial charge is 0.444 e. The number of carbonyl (C=O) groups excluding carboxylic acids is 1. The van der Waals surface area contributed by atoms with Gasteiger partial charge in [0.1, 0.15) is 5.60 Å². The quantitative estimate of drug-likeness (QED) is 0.902. The summed E-state index contributed by atoms with van der Waals surface area (Å²) in [7, 11) is 0. The van der Waals surface area contributed by atoms with Crippen LogP contribution in [0.15, 0.2) is 10.6 Å². The SMILES string of the molecule is Cc1cc(CNC2CCCC23CCN(C(=O)OC(C)(C)C)CC3)on1. The minimum atomic E-state index is -0.432. The summed E-state index contributed by atoms with van der Waals surface area (Å²) < 4.78 is 10.8. The van der Waals surface area contributed by atoms with Crippen LogP contribution in [0, 0.1) is 12.3 Å². The molecule has 2 heterocycles. The van der Waals surface area contributed by atoms with E-state index in [0.29, 0.717) is 11.5 Å². The normalized spacial score (nSPS) is 23.2. The van der Waals surface area contributed by atoms with Gasteiger partial charge in [0.15, 0.2) is 5.76 Å².